The van der Waals surface area contributed by atoms with E-state index in [0.29, 0.717) is 42.3 Å². The highest BCUT2D eigenvalue weighted by atomic mass is 35.5. The van der Waals surface area contributed by atoms with Crippen LogP contribution in [0.2, 0.25) is 5.02 Å². The molecule has 1 amide bonds. The number of β-amino-alcohol motifs (C(OH)–C–C–N with tert-alkyl or cyclic N) is 1. The number of hydrazine groups is 1. The predicted molar refractivity (Wildman–Crippen MR) is 103 cm³/mol. The highest BCUT2D eigenvalue weighted by molar-refractivity contribution is 6.30. The fourth-order valence-electron chi connectivity index (χ4n) is 2.31. The standard InChI is InChI=1S/C18H24ClN5O3/c1-18(2,11-21-16-5-6-17(26)24-23-16)22-9-14(25)10-27-15-7-13(19)4-3-12(15)8-20/h3-4,7,14,22,25H,5-6,9-11H2,1-2H3,(H,21,23)(H,24,26). The number of aliphatic hydroxyl groups is 1. The van der Waals surface area contributed by atoms with E-state index in [1.165, 1.54) is 0 Å². The molecule has 27 heavy (non-hydrogen) atoms. The van der Waals surface area contributed by atoms with Crippen molar-refractivity contribution in [3.05, 3.63) is 28.8 Å². The topological polar surface area (TPSA) is 119 Å². The molecule has 1 atom stereocenters. The molecule has 4 N–H and O–H groups in total. The number of rotatable bonds is 8. The van der Waals surface area contributed by atoms with Crippen LogP contribution in [0.1, 0.15) is 32.3 Å². The second kappa shape index (κ2) is 9.55. The first-order valence-electron chi connectivity index (χ1n) is 8.63. The summed E-state index contributed by atoms with van der Waals surface area (Å²) in [7, 11) is 0. The summed E-state index contributed by atoms with van der Waals surface area (Å²) in [5.74, 6) is 1.03. The number of carbonyl (C=O) groups excluding carboxylic acids is 1. The molecule has 1 fully saturated rings. The minimum Gasteiger partial charge on any atom is -0.489 e. The third kappa shape index (κ3) is 7.06. The number of amidine groups is 1. The second-order valence-electron chi connectivity index (χ2n) is 6.92. The molecule has 1 aromatic rings. The second-order valence-corrected chi connectivity index (χ2v) is 7.35. The number of nitrogens with zero attached hydrogens (tertiary/aromatic N) is 2. The molecule has 0 aliphatic carbocycles. The van der Waals surface area contributed by atoms with Gasteiger partial charge < -0.3 is 15.2 Å². The lowest BCUT2D eigenvalue weighted by Crippen LogP contribution is -2.49. The molecule has 0 aromatic heterocycles. The predicted octanol–water partition coefficient (Wildman–Crippen LogP) is 1.13. The molecule has 1 aromatic carbocycles. The van der Waals surface area contributed by atoms with Crippen molar-refractivity contribution in [1.29, 1.82) is 5.26 Å². The number of nitrogens with one attached hydrogen (secondary N) is 3. The number of nitriles is 1. The van der Waals surface area contributed by atoms with Crippen LogP contribution in [-0.4, -0.2) is 48.2 Å². The third-order valence-electron chi connectivity index (χ3n) is 3.91. The lowest BCUT2D eigenvalue weighted by Gasteiger charge is -2.27. The number of amides is 1. The number of aliphatic imine (C=N–C) groups is 1. The first kappa shape index (κ1) is 21.0. The summed E-state index contributed by atoms with van der Waals surface area (Å²) in [5.41, 5.74) is 5.32. The van der Waals surface area contributed by atoms with Crippen molar-refractivity contribution in [3.8, 4) is 11.8 Å². The highest BCUT2D eigenvalue weighted by Crippen LogP contribution is 2.22. The number of aliphatic hydroxyl groups excluding tert-OH is 1. The van der Waals surface area contributed by atoms with Gasteiger partial charge in [-0.15, -0.1) is 0 Å². The van der Waals surface area contributed by atoms with E-state index in [1.807, 2.05) is 19.9 Å². The Kier molecular flexibility index (Phi) is 7.42. The minimum absolute atomic E-state index is 0.0280. The molecule has 9 heteroatoms. The molecule has 1 saturated heterocycles. The van der Waals surface area contributed by atoms with Crippen LogP contribution in [0.15, 0.2) is 23.2 Å². The zero-order valence-electron chi connectivity index (χ0n) is 15.4. The number of carbonyl (C=O) groups is 1. The Balaban J connectivity index is 1.78. The maximum atomic E-state index is 11.1. The average molecular weight is 394 g/mol. The van der Waals surface area contributed by atoms with Crippen molar-refractivity contribution < 1.29 is 14.6 Å². The summed E-state index contributed by atoms with van der Waals surface area (Å²) in [5, 5.41) is 22.9. The maximum Gasteiger partial charge on any atom is 0.238 e. The number of hydrogen-bond acceptors (Lipinski definition) is 6. The summed E-state index contributed by atoms with van der Waals surface area (Å²) in [6.45, 7) is 4.74. The van der Waals surface area contributed by atoms with Gasteiger partial charge in [-0.3, -0.25) is 20.6 Å². The van der Waals surface area contributed by atoms with Gasteiger partial charge in [0.2, 0.25) is 5.91 Å². The van der Waals surface area contributed by atoms with Crippen LogP contribution in [0.25, 0.3) is 0 Å². The molecule has 146 valence electrons. The molecular formula is C18H24ClN5O3. The van der Waals surface area contributed by atoms with Gasteiger partial charge in [0.05, 0.1) is 12.1 Å². The molecule has 1 heterocycles. The van der Waals surface area contributed by atoms with Crippen molar-refractivity contribution in [1.82, 2.24) is 16.2 Å². The number of ether oxygens (including phenoxy) is 1. The van der Waals surface area contributed by atoms with Gasteiger partial charge in [-0.2, -0.15) is 5.26 Å². The van der Waals surface area contributed by atoms with E-state index < -0.39 is 6.10 Å². The largest absolute Gasteiger partial charge is 0.489 e. The van der Waals surface area contributed by atoms with Gasteiger partial charge in [0, 0.05) is 36.0 Å². The molecule has 8 nitrogen and oxygen atoms in total. The van der Waals surface area contributed by atoms with Gasteiger partial charge in [0.1, 0.15) is 30.4 Å². The maximum absolute atomic E-state index is 11.1. The van der Waals surface area contributed by atoms with Crippen molar-refractivity contribution >= 4 is 23.3 Å². The van der Waals surface area contributed by atoms with Crippen molar-refractivity contribution in [2.75, 3.05) is 19.7 Å². The number of hydrogen-bond donors (Lipinski definition) is 4. The van der Waals surface area contributed by atoms with Crippen LogP contribution < -0.4 is 20.9 Å². The van der Waals surface area contributed by atoms with Crippen molar-refractivity contribution in [3.63, 3.8) is 0 Å². The van der Waals surface area contributed by atoms with Crippen molar-refractivity contribution in [2.45, 2.75) is 38.3 Å². The molecule has 2 rings (SSSR count). The smallest absolute Gasteiger partial charge is 0.238 e. The van der Waals surface area contributed by atoms with E-state index >= 15 is 0 Å². The van der Waals surface area contributed by atoms with Crippen LogP contribution in [0.5, 0.6) is 5.75 Å². The third-order valence-corrected chi connectivity index (χ3v) is 4.15. The SMILES string of the molecule is CC(C)(CN=C1CCC(=O)NN1)NCC(O)COc1cc(Cl)ccc1C#N. The van der Waals surface area contributed by atoms with Gasteiger partial charge in [0.15, 0.2) is 0 Å². The molecule has 0 radical (unpaired) electrons. The van der Waals surface area contributed by atoms with Gasteiger partial charge in [0.25, 0.3) is 0 Å². The first-order chi connectivity index (χ1) is 12.8. The normalized spacial score (nSPS) is 17.0. The van der Waals surface area contributed by atoms with Crippen molar-refractivity contribution in [2.24, 2.45) is 4.99 Å². The van der Waals surface area contributed by atoms with Gasteiger partial charge in [-0.1, -0.05) is 11.6 Å². The van der Waals surface area contributed by atoms with Crippen LogP contribution in [0, 0.1) is 11.3 Å². The van der Waals surface area contributed by atoms with E-state index in [-0.39, 0.29) is 18.1 Å². The Morgan fingerprint density at radius 2 is 2.22 bits per heavy atom. The van der Waals surface area contributed by atoms with Crippen LogP contribution in [0.3, 0.4) is 0 Å². The lowest BCUT2D eigenvalue weighted by molar-refractivity contribution is -0.122. The van der Waals surface area contributed by atoms with Crippen LogP contribution in [-0.2, 0) is 4.79 Å². The molecule has 1 aliphatic heterocycles. The monoisotopic (exact) mass is 393 g/mol. The van der Waals surface area contributed by atoms with E-state index in [0.717, 1.165) is 5.84 Å². The van der Waals surface area contributed by atoms with Gasteiger partial charge >= 0.3 is 0 Å². The molecule has 0 spiro atoms. The molecule has 0 bridgehead atoms. The van der Waals surface area contributed by atoms with Crippen LogP contribution >= 0.6 is 11.6 Å². The quantitative estimate of drug-likeness (QED) is 0.525. The zero-order valence-corrected chi connectivity index (χ0v) is 16.1. The minimum atomic E-state index is -0.769. The number of benzene rings is 1. The Labute approximate surface area is 163 Å². The Morgan fingerprint density at radius 3 is 2.89 bits per heavy atom. The fraction of sp³-hybridized carbons (Fsp3) is 0.500. The van der Waals surface area contributed by atoms with E-state index in [2.05, 4.69) is 21.2 Å². The molecule has 1 unspecified atom stereocenters. The van der Waals surface area contributed by atoms with E-state index in [9.17, 15) is 9.90 Å². The van der Waals surface area contributed by atoms with Crippen LogP contribution in [0.4, 0.5) is 0 Å². The zero-order chi connectivity index (χ0) is 19.9. The molecule has 1 aliphatic rings. The summed E-state index contributed by atoms with van der Waals surface area (Å²) in [6, 6.07) is 6.77. The Hall–Kier alpha value is -2.34. The summed E-state index contributed by atoms with van der Waals surface area (Å²) in [4.78, 5) is 15.6. The fourth-order valence-corrected chi connectivity index (χ4v) is 2.48. The summed E-state index contributed by atoms with van der Waals surface area (Å²) in [6.07, 6.45) is 0.234. The highest BCUT2D eigenvalue weighted by Gasteiger charge is 2.20. The Bertz CT molecular complexity index is 733. The molecular weight excluding hydrogens is 370 g/mol. The Morgan fingerprint density at radius 1 is 1.44 bits per heavy atom. The van der Waals surface area contributed by atoms with E-state index in [1.54, 1.807) is 18.2 Å². The number of halogens is 1. The van der Waals surface area contributed by atoms with Gasteiger partial charge in [-0.25, -0.2) is 0 Å². The summed E-state index contributed by atoms with van der Waals surface area (Å²) < 4.78 is 5.53. The first-order valence-corrected chi connectivity index (χ1v) is 9.00. The molecule has 0 saturated carbocycles. The van der Waals surface area contributed by atoms with E-state index in [4.69, 9.17) is 21.6 Å². The van der Waals surface area contributed by atoms with Gasteiger partial charge in [-0.05, 0) is 26.0 Å². The summed E-state index contributed by atoms with van der Waals surface area (Å²) >= 11 is 5.91. The average Bonchev–Trinajstić information content (AvgIpc) is 2.64. The lowest BCUT2D eigenvalue weighted by atomic mass is 10.1.